The maximum absolute atomic E-state index is 15.3. The van der Waals surface area contributed by atoms with Crippen LogP contribution < -0.4 is 5.69 Å². The third kappa shape index (κ3) is 4.17. The molecule has 1 saturated heterocycles. The molecule has 1 fully saturated rings. The van der Waals surface area contributed by atoms with Gasteiger partial charge in [0, 0.05) is 35.6 Å². The van der Waals surface area contributed by atoms with Crippen molar-refractivity contribution >= 4 is 17.3 Å². The number of hydrogen-bond acceptors (Lipinski definition) is 5. The molecule has 4 unspecified atom stereocenters. The number of aryl methyl sites for hydroxylation is 1. The monoisotopic (exact) mass is 535 g/mol. The molecule has 1 amide bonds. The van der Waals surface area contributed by atoms with E-state index in [1.807, 2.05) is 12.1 Å². The smallest absolute Gasteiger partial charge is 0.408 e. The Bertz CT molecular complexity index is 1600. The predicted molar refractivity (Wildman–Crippen MR) is 137 cm³/mol. The summed E-state index contributed by atoms with van der Waals surface area (Å²) in [5, 5.41) is 22.2. The van der Waals surface area contributed by atoms with Crippen LogP contribution in [0.1, 0.15) is 60.5 Å². The minimum atomic E-state index is -1.57. The van der Waals surface area contributed by atoms with Crippen molar-refractivity contribution in [3.05, 3.63) is 93.8 Å². The number of imidazole rings is 1. The Morgan fingerprint density at radius 2 is 1.82 bits per heavy atom. The largest absolute Gasteiger partial charge is 0.465 e. The van der Waals surface area contributed by atoms with Gasteiger partial charge in [0.05, 0.1) is 23.7 Å². The molecule has 0 radical (unpaired) electrons. The Kier molecular flexibility index (Phi) is 6.38. The van der Waals surface area contributed by atoms with Gasteiger partial charge in [-0.15, -0.1) is 0 Å². The van der Waals surface area contributed by atoms with Crippen LogP contribution >= 0.6 is 0 Å². The standard InChI is InChI=1S/C28H27F2N5O4/c29-18-10-3-9-17(22(18)30)24-25(36)21(34-19-11-5-13-32-26(19)33-27(34)37)14-20(35(24)28(38)39)16-8-2-1-6-15-7-4-12-31-23(15)16/h3-5,7,9-13,16,20-21,24-25,36H,1-2,6,8,14H2,(H,38,39)(H,32,33,37)/t16?,20?,21?,24-,25?/m0/s1. The van der Waals surface area contributed by atoms with E-state index in [1.54, 1.807) is 18.3 Å². The normalized spacial score (nSPS) is 25.3. The molecule has 6 rings (SSSR count). The number of aromatic nitrogens is 4. The van der Waals surface area contributed by atoms with E-state index < -0.39 is 47.6 Å². The number of carboxylic acid groups (broad SMARTS) is 1. The lowest BCUT2D eigenvalue weighted by Gasteiger charge is -2.49. The van der Waals surface area contributed by atoms with Gasteiger partial charge in [-0.25, -0.2) is 23.4 Å². The molecule has 0 bridgehead atoms. The number of aliphatic hydroxyl groups excluding tert-OH is 1. The van der Waals surface area contributed by atoms with E-state index in [0.29, 0.717) is 17.6 Å². The molecule has 11 heteroatoms. The van der Waals surface area contributed by atoms with E-state index in [0.717, 1.165) is 41.5 Å². The van der Waals surface area contributed by atoms with Crippen LogP contribution in [0, 0.1) is 11.6 Å². The number of hydrogen-bond donors (Lipinski definition) is 3. The van der Waals surface area contributed by atoms with Gasteiger partial charge in [0.25, 0.3) is 0 Å². The Morgan fingerprint density at radius 1 is 1.03 bits per heavy atom. The molecule has 4 aromatic rings. The molecule has 5 atom stereocenters. The summed E-state index contributed by atoms with van der Waals surface area (Å²) in [4.78, 5) is 38.6. The summed E-state index contributed by atoms with van der Waals surface area (Å²) in [5.41, 5.74) is 1.67. The average molecular weight is 536 g/mol. The summed E-state index contributed by atoms with van der Waals surface area (Å²) in [5.74, 6) is -2.77. The molecule has 1 aliphatic carbocycles. The molecule has 39 heavy (non-hydrogen) atoms. The van der Waals surface area contributed by atoms with Gasteiger partial charge in [-0.2, -0.15) is 0 Å². The summed E-state index contributed by atoms with van der Waals surface area (Å²) >= 11 is 0. The topological polar surface area (TPSA) is 124 Å². The van der Waals surface area contributed by atoms with E-state index in [-0.39, 0.29) is 17.9 Å². The number of benzene rings is 1. The van der Waals surface area contributed by atoms with Crippen LogP contribution in [0.2, 0.25) is 0 Å². The second kappa shape index (κ2) is 9.88. The average Bonchev–Trinajstić information content (AvgIpc) is 3.11. The minimum absolute atomic E-state index is 0.0589. The Hall–Kier alpha value is -4.12. The van der Waals surface area contributed by atoms with Crippen molar-refractivity contribution in [3.63, 3.8) is 0 Å². The van der Waals surface area contributed by atoms with E-state index in [1.165, 1.54) is 22.9 Å². The highest BCUT2D eigenvalue weighted by atomic mass is 19.2. The SMILES string of the molecule is O=C(O)N1C(C2CCCCc3cccnc32)CC(n2c(=O)[nH]c3ncccc32)C(O)[C@@H]1c1cccc(F)c1F. The van der Waals surface area contributed by atoms with Crippen molar-refractivity contribution in [1.29, 1.82) is 0 Å². The minimum Gasteiger partial charge on any atom is -0.465 e. The number of H-pyrrole nitrogens is 1. The lowest BCUT2D eigenvalue weighted by atomic mass is 9.77. The Labute approximate surface area is 221 Å². The molecule has 1 aromatic carbocycles. The van der Waals surface area contributed by atoms with Crippen molar-refractivity contribution in [2.24, 2.45) is 0 Å². The van der Waals surface area contributed by atoms with E-state index in [2.05, 4.69) is 15.0 Å². The number of rotatable bonds is 3. The molecule has 2 aliphatic rings. The number of nitrogens with one attached hydrogen (secondary N) is 1. The van der Waals surface area contributed by atoms with Gasteiger partial charge in [-0.3, -0.25) is 19.4 Å². The third-order valence-electron chi connectivity index (χ3n) is 8.15. The zero-order valence-corrected chi connectivity index (χ0v) is 20.9. The summed E-state index contributed by atoms with van der Waals surface area (Å²) < 4.78 is 31.1. The second-order valence-electron chi connectivity index (χ2n) is 10.2. The number of carbonyl (C=O) groups is 1. The number of aliphatic hydroxyl groups is 1. The number of amides is 1. The van der Waals surface area contributed by atoms with Crippen LogP contribution in [-0.2, 0) is 6.42 Å². The fourth-order valence-electron chi connectivity index (χ4n) is 6.52. The van der Waals surface area contributed by atoms with Gasteiger partial charge in [-0.1, -0.05) is 24.6 Å². The van der Waals surface area contributed by atoms with Gasteiger partial charge in [-0.05, 0) is 55.5 Å². The second-order valence-corrected chi connectivity index (χ2v) is 10.2. The lowest BCUT2D eigenvalue weighted by Crippen LogP contribution is -2.57. The van der Waals surface area contributed by atoms with Gasteiger partial charge in [0.15, 0.2) is 17.3 Å². The molecule has 3 N–H and O–H groups in total. The van der Waals surface area contributed by atoms with Crippen LogP contribution in [0.25, 0.3) is 11.2 Å². The van der Waals surface area contributed by atoms with Crippen LogP contribution in [0.3, 0.4) is 0 Å². The number of aromatic amines is 1. The molecule has 1 aliphatic heterocycles. The van der Waals surface area contributed by atoms with Crippen molar-refractivity contribution in [2.45, 2.75) is 62.3 Å². The van der Waals surface area contributed by atoms with Gasteiger partial charge in [0.1, 0.15) is 0 Å². The number of halogens is 2. The number of pyridine rings is 2. The molecular weight excluding hydrogens is 508 g/mol. The summed E-state index contributed by atoms with van der Waals surface area (Å²) in [6, 6.07) is 7.41. The maximum atomic E-state index is 15.3. The number of fused-ring (bicyclic) bond motifs is 2. The number of nitrogens with zero attached hydrogens (tertiary/aromatic N) is 4. The zero-order chi connectivity index (χ0) is 27.3. The Morgan fingerprint density at radius 3 is 2.64 bits per heavy atom. The highest BCUT2D eigenvalue weighted by Crippen LogP contribution is 2.47. The first-order chi connectivity index (χ1) is 18.9. The van der Waals surface area contributed by atoms with Crippen molar-refractivity contribution in [3.8, 4) is 0 Å². The van der Waals surface area contributed by atoms with Crippen LogP contribution in [0.4, 0.5) is 13.6 Å². The van der Waals surface area contributed by atoms with Gasteiger partial charge < -0.3 is 10.2 Å². The number of likely N-dealkylation sites (tertiary alicyclic amines) is 1. The first-order valence-electron chi connectivity index (χ1n) is 13.0. The number of piperidine rings is 1. The van der Waals surface area contributed by atoms with E-state index >= 15 is 4.39 Å². The van der Waals surface area contributed by atoms with Crippen molar-refractivity contribution in [1.82, 2.24) is 24.4 Å². The fraction of sp³-hybridized carbons (Fsp3) is 0.357. The molecule has 0 saturated carbocycles. The quantitative estimate of drug-likeness (QED) is 0.336. The third-order valence-corrected chi connectivity index (χ3v) is 8.15. The predicted octanol–water partition coefficient (Wildman–Crippen LogP) is 4.30. The molecule has 4 heterocycles. The van der Waals surface area contributed by atoms with Crippen LogP contribution in [0.5, 0.6) is 0 Å². The molecule has 0 spiro atoms. The molecule has 3 aromatic heterocycles. The molecule has 202 valence electrons. The van der Waals surface area contributed by atoms with E-state index in [4.69, 9.17) is 0 Å². The molecular formula is C28H27F2N5O4. The fourth-order valence-corrected chi connectivity index (χ4v) is 6.52. The lowest BCUT2D eigenvalue weighted by molar-refractivity contribution is -0.0530. The Balaban J connectivity index is 1.57. The van der Waals surface area contributed by atoms with Gasteiger partial charge in [0.2, 0.25) is 0 Å². The van der Waals surface area contributed by atoms with Crippen molar-refractivity contribution in [2.75, 3.05) is 0 Å². The first-order valence-corrected chi connectivity index (χ1v) is 13.0. The summed E-state index contributed by atoms with van der Waals surface area (Å²) in [6.45, 7) is 0. The van der Waals surface area contributed by atoms with Crippen LogP contribution in [-0.4, -0.2) is 52.9 Å². The highest BCUT2D eigenvalue weighted by Gasteiger charge is 2.51. The highest BCUT2D eigenvalue weighted by molar-refractivity contribution is 5.71. The maximum Gasteiger partial charge on any atom is 0.408 e. The first kappa shape index (κ1) is 25.2. The zero-order valence-electron chi connectivity index (χ0n) is 20.9. The van der Waals surface area contributed by atoms with E-state index in [9.17, 15) is 24.2 Å². The van der Waals surface area contributed by atoms with Gasteiger partial charge >= 0.3 is 11.8 Å². The molecule has 9 nitrogen and oxygen atoms in total. The summed E-state index contributed by atoms with van der Waals surface area (Å²) in [6.07, 6.45) is 3.42. The van der Waals surface area contributed by atoms with Crippen molar-refractivity contribution < 1.29 is 23.8 Å². The summed E-state index contributed by atoms with van der Waals surface area (Å²) in [7, 11) is 0. The van der Waals surface area contributed by atoms with Crippen LogP contribution in [0.15, 0.2) is 59.7 Å².